The summed E-state index contributed by atoms with van der Waals surface area (Å²) in [7, 11) is -2.20. The Hall–Kier alpha value is -3.74. The van der Waals surface area contributed by atoms with Crippen LogP contribution < -0.4 is 5.32 Å². The van der Waals surface area contributed by atoms with E-state index in [1.54, 1.807) is 35.1 Å². The number of benzene rings is 2. The quantitative estimate of drug-likeness (QED) is 0.420. The maximum absolute atomic E-state index is 13.3. The van der Waals surface area contributed by atoms with E-state index in [0.29, 0.717) is 35.8 Å². The van der Waals surface area contributed by atoms with Crippen LogP contribution in [0.4, 0.5) is 0 Å². The summed E-state index contributed by atoms with van der Waals surface area (Å²) in [6.45, 7) is 3.14. The van der Waals surface area contributed by atoms with Crippen molar-refractivity contribution in [1.82, 2.24) is 19.4 Å². The summed E-state index contributed by atoms with van der Waals surface area (Å²) in [5.74, 6) is 0.000276. The van der Waals surface area contributed by atoms with E-state index in [1.807, 2.05) is 36.4 Å². The number of nitrogens with one attached hydrogen (secondary N) is 1. The van der Waals surface area contributed by atoms with Gasteiger partial charge in [0.05, 0.1) is 10.6 Å². The van der Waals surface area contributed by atoms with Gasteiger partial charge in [-0.2, -0.15) is 14.7 Å². The summed E-state index contributed by atoms with van der Waals surface area (Å²) < 4.78 is 29.9. The van der Waals surface area contributed by atoms with Crippen LogP contribution in [0.2, 0.25) is 0 Å². The summed E-state index contributed by atoms with van der Waals surface area (Å²) >= 11 is 0. The average Bonchev–Trinajstić information content (AvgIpc) is 3.31. The van der Waals surface area contributed by atoms with Crippen molar-refractivity contribution in [2.24, 2.45) is 5.92 Å². The van der Waals surface area contributed by atoms with Gasteiger partial charge in [-0.3, -0.25) is 4.79 Å². The number of likely N-dealkylation sites (N-methyl/N-ethyl adjacent to an activating group) is 1. The number of rotatable bonds is 6. The first-order valence-corrected chi connectivity index (χ1v) is 12.9. The largest absolute Gasteiger partial charge is 0.354 e. The SMILES string of the molecule is CNC(=O)/C(C#N)=C/c1cn(-c2ccccc2)nc1-c1cccc(S(=O)(=O)N2CCC(C)CC2)c1. The van der Waals surface area contributed by atoms with E-state index in [4.69, 9.17) is 5.10 Å². The van der Waals surface area contributed by atoms with Crippen LogP contribution in [0.25, 0.3) is 23.0 Å². The predicted octanol–water partition coefficient (Wildman–Crippen LogP) is 3.61. The van der Waals surface area contributed by atoms with Gasteiger partial charge in [0.2, 0.25) is 10.0 Å². The minimum Gasteiger partial charge on any atom is -0.354 e. The zero-order valence-corrected chi connectivity index (χ0v) is 20.5. The normalized spacial score (nSPS) is 15.5. The van der Waals surface area contributed by atoms with E-state index in [9.17, 15) is 18.5 Å². The molecule has 35 heavy (non-hydrogen) atoms. The third-order valence-corrected chi connectivity index (χ3v) is 8.04. The molecule has 0 saturated carbocycles. The molecule has 0 radical (unpaired) electrons. The molecule has 0 aliphatic carbocycles. The minimum atomic E-state index is -3.65. The second-order valence-electron chi connectivity index (χ2n) is 8.58. The summed E-state index contributed by atoms with van der Waals surface area (Å²) in [5.41, 5.74) is 2.28. The first-order valence-electron chi connectivity index (χ1n) is 11.4. The van der Waals surface area contributed by atoms with Crippen molar-refractivity contribution < 1.29 is 13.2 Å². The zero-order chi connectivity index (χ0) is 25.0. The highest BCUT2D eigenvalue weighted by Gasteiger charge is 2.28. The number of carbonyl (C=O) groups is 1. The van der Waals surface area contributed by atoms with Crippen LogP contribution in [0.15, 0.2) is 71.3 Å². The monoisotopic (exact) mass is 489 g/mol. The number of piperidine rings is 1. The van der Waals surface area contributed by atoms with Crippen LogP contribution in [-0.4, -0.2) is 48.5 Å². The topological polar surface area (TPSA) is 108 Å². The van der Waals surface area contributed by atoms with Crippen molar-refractivity contribution in [2.75, 3.05) is 20.1 Å². The number of hydrogen-bond donors (Lipinski definition) is 1. The third kappa shape index (κ3) is 5.19. The Labute approximate surface area is 205 Å². The van der Waals surface area contributed by atoms with Crippen LogP contribution in [0, 0.1) is 17.2 Å². The van der Waals surface area contributed by atoms with Gasteiger partial charge in [-0.1, -0.05) is 37.3 Å². The molecule has 1 aliphatic heterocycles. The molecule has 0 spiro atoms. The molecular formula is C26H27N5O3S. The number of nitrogens with zero attached hydrogens (tertiary/aromatic N) is 4. The highest BCUT2D eigenvalue weighted by atomic mass is 32.2. The maximum Gasteiger partial charge on any atom is 0.261 e. The molecule has 1 saturated heterocycles. The van der Waals surface area contributed by atoms with E-state index < -0.39 is 15.9 Å². The molecule has 1 aliphatic rings. The first kappa shape index (κ1) is 24.4. The zero-order valence-electron chi connectivity index (χ0n) is 19.7. The van der Waals surface area contributed by atoms with Crippen LogP contribution in [0.1, 0.15) is 25.3 Å². The average molecular weight is 490 g/mol. The van der Waals surface area contributed by atoms with Crippen molar-refractivity contribution in [1.29, 1.82) is 5.26 Å². The van der Waals surface area contributed by atoms with Crippen molar-refractivity contribution in [3.63, 3.8) is 0 Å². The lowest BCUT2D eigenvalue weighted by Crippen LogP contribution is -2.37. The number of carbonyl (C=O) groups excluding carboxylic acids is 1. The molecule has 1 aromatic heterocycles. The Morgan fingerprint density at radius 2 is 1.86 bits per heavy atom. The molecule has 4 rings (SSSR count). The predicted molar refractivity (Wildman–Crippen MR) is 134 cm³/mol. The molecule has 180 valence electrons. The highest BCUT2D eigenvalue weighted by Crippen LogP contribution is 2.30. The fourth-order valence-corrected chi connectivity index (χ4v) is 5.56. The van der Waals surface area contributed by atoms with Gasteiger partial charge in [-0.25, -0.2) is 13.1 Å². The van der Waals surface area contributed by atoms with E-state index in [1.165, 1.54) is 17.4 Å². The van der Waals surface area contributed by atoms with E-state index in [-0.39, 0.29) is 10.5 Å². The molecule has 9 heteroatoms. The van der Waals surface area contributed by atoms with Gasteiger partial charge in [0.1, 0.15) is 17.3 Å². The summed E-state index contributed by atoms with van der Waals surface area (Å²) in [6.07, 6.45) is 4.86. The van der Waals surface area contributed by atoms with Gasteiger partial charge in [0.15, 0.2) is 0 Å². The Morgan fingerprint density at radius 1 is 1.14 bits per heavy atom. The highest BCUT2D eigenvalue weighted by molar-refractivity contribution is 7.89. The van der Waals surface area contributed by atoms with Gasteiger partial charge >= 0.3 is 0 Å². The number of sulfonamides is 1. The van der Waals surface area contributed by atoms with Crippen LogP contribution >= 0.6 is 0 Å². The van der Waals surface area contributed by atoms with Crippen LogP contribution in [0.5, 0.6) is 0 Å². The number of para-hydroxylation sites is 1. The smallest absolute Gasteiger partial charge is 0.261 e. The van der Waals surface area contributed by atoms with Gasteiger partial charge in [0, 0.05) is 37.5 Å². The van der Waals surface area contributed by atoms with Gasteiger partial charge in [-0.05, 0) is 49.1 Å². The Kier molecular flexibility index (Phi) is 7.15. The molecule has 0 unspecified atom stereocenters. The summed E-state index contributed by atoms with van der Waals surface area (Å²) in [4.78, 5) is 12.3. The fraction of sp³-hybridized carbons (Fsp3) is 0.269. The molecule has 1 amide bonds. The van der Waals surface area contributed by atoms with Crippen molar-refractivity contribution in [3.8, 4) is 23.0 Å². The lowest BCUT2D eigenvalue weighted by atomic mass is 10.0. The second-order valence-corrected chi connectivity index (χ2v) is 10.5. The van der Waals surface area contributed by atoms with E-state index in [2.05, 4.69) is 12.2 Å². The standard InChI is InChI=1S/C26H27N5O3S/c1-19-11-13-30(14-12-19)35(33,34)24-10-6-7-20(16-24)25-22(15-21(17-27)26(32)28-2)18-31(29-25)23-8-4-3-5-9-23/h3-10,15-16,18-19H,11-14H2,1-2H3,(H,28,32)/b21-15+. The van der Waals surface area contributed by atoms with Crippen LogP contribution in [0.3, 0.4) is 0 Å². The van der Waals surface area contributed by atoms with Gasteiger partial charge in [0.25, 0.3) is 5.91 Å². The summed E-state index contributed by atoms with van der Waals surface area (Å²) in [5, 5.41) is 16.6. The summed E-state index contributed by atoms with van der Waals surface area (Å²) in [6, 6.07) is 18.0. The molecular weight excluding hydrogens is 462 g/mol. The fourth-order valence-electron chi connectivity index (χ4n) is 4.05. The first-order chi connectivity index (χ1) is 16.8. The molecule has 2 heterocycles. The van der Waals surface area contributed by atoms with Crippen LogP contribution in [-0.2, 0) is 14.8 Å². The Bertz CT molecular complexity index is 1400. The third-order valence-electron chi connectivity index (χ3n) is 6.14. The number of nitriles is 1. The van der Waals surface area contributed by atoms with E-state index >= 15 is 0 Å². The molecule has 0 atom stereocenters. The molecule has 1 N–H and O–H groups in total. The number of hydrogen-bond acceptors (Lipinski definition) is 5. The minimum absolute atomic E-state index is 0.0763. The van der Waals surface area contributed by atoms with Gasteiger partial charge in [-0.15, -0.1) is 0 Å². The number of amides is 1. The lowest BCUT2D eigenvalue weighted by molar-refractivity contribution is -0.116. The van der Waals surface area contributed by atoms with Gasteiger partial charge < -0.3 is 5.32 Å². The maximum atomic E-state index is 13.3. The van der Waals surface area contributed by atoms with Crippen molar-refractivity contribution >= 4 is 22.0 Å². The second kappa shape index (κ2) is 10.3. The molecule has 0 bridgehead atoms. The van der Waals surface area contributed by atoms with Crippen molar-refractivity contribution in [2.45, 2.75) is 24.7 Å². The molecule has 3 aromatic rings. The molecule has 2 aromatic carbocycles. The number of aromatic nitrogens is 2. The van der Waals surface area contributed by atoms with E-state index in [0.717, 1.165) is 18.5 Å². The van der Waals surface area contributed by atoms with Crippen molar-refractivity contribution in [3.05, 3.63) is 71.9 Å². The Balaban J connectivity index is 1.80. The Morgan fingerprint density at radius 3 is 2.51 bits per heavy atom. The lowest BCUT2D eigenvalue weighted by Gasteiger charge is -2.29. The molecule has 8 nitrogen and oxygen atoms in total. The molecule has 1 fully saturated rings.